The summed E-state index contributed by atoms with van der Waals surface area (Å²) >= 11 is 0. The molecule has 112 valence electrons. The van der Waals surface area contributed by atoms with Crippen molar-refractivity contribution in [1.82, 2.24) is 0 Å². The van der Waals surface area contributed by atoms with Crippen LogP contribution in [0.5, 0.6) is 5.75 Å². The van der Waals surface area contributed by atoms with Crippen molar-refractivity contribution in [1.29, 1.82) is 0 Å². The van der Waals surface area contributed by atoms with Crippen molar-refractivity contribution < 1.29 is 9.84 Å². The summed E-state index contributed by atoms with van der Waals surface area (Å²) in [7, 11) is 0. The number of nitrogens with two attached hydrogens (primary N) is 1. The highest BCUT2D eigenvalue weighted by Gasteiger charge is 2.15. The Balaban J connectivity index is 2.05. The zero-order valence-electron chi connectivity index (χ0n) is 12.8. The lowest BCUT2D eigenvalue weighted by atomic mass is 9.87. The van der Waals surface area contributed by atoms with Gasteiger partial charge in [0.2, 0.25) is 0 Å². The van der Waals surface area contributed by atoms with Gasteiger partial charge in [-0.2, -0.15) is 0 Å². The van der Waals surface area contributed by atoms with Crippen molar-refractivity contribution in [2.24, 2.45) is 0 Å². The molecule has 0 aliphatic heterocycles. The second-order valence-electron chi connectivity index (χ2n) is 6.23. The summed E-state index contributed by atoms with van der Waals surface area (Å²) in [4.78, 5) is 0. The Morgan fingerprint density at radius 1 is 1.10 bits per heavy atom. The van der Waals surface area contributed by atoms with E-state index in [0.29, 0.717) is 11.3 Å². The van der Waals surface area contributed by atoms with Gasteiger partial charge in [0.05, 0.1) is 0 Å². The Labute approximate surface area is 126 Å². The molecular weight excluding hydrogens is 262 g/mol. The van der Waals surface area contributed by atoms with Crippen molar-refractivity contribution in [2.75, 3.05) is 12.3 Å². The van der Waals surface area contributed by atoms with Gasteiger partial charge in [0.25, 0.3) is 0 Å². The fourth-order valence-electron chi connectivity index (χ4n) is 2.13. The average Bonchev–Trinajstić information content (AvgIpc) is 2.45. The molecule has 0 bridgehead atoms. The Morgan fingerprint density at radius 3 is 2.48 bits per heavy atom. The highest BCUT2D eigenvalue weighted by Crippen LogP contribution is 2.26. The third-order valence-electron chi connectivity index (χ3n) is 3.46. The zero-order valence-corrected chi connectivity index (χ0v) is 12.8. The largest absolute Gasteiger partial charge is 0.491 e. The smallest absolute Gasteiger partial charge is 0.119 e. The molecule has 3 nitrogen and oxygen atoms in total. The number of aliphatic hydroxyl groups excluding tert-OH is 1. The lowest BCUT2D eigenvalue weighted by Crippen LogP contribution is -2.13. The molecule has 3 heteroatoms. The molecule has 0 aliphatic rings. The molecule has 0 aromatic heterocycles. The Kier molecular flexibility index (Phi) is 4.53. The summed E-state index contributed by atoms with van der Waals surface area (Å²) < 4.78 is 5.71. The number of anilines is 1. The van der Waals surface area contributed by atoms with Crippen LogP contribution in [0.1, 0.15) is 38.0 Å². The van der Waals surface area contributed by atoms with Crippen LogP contribution in [0, 0.1) is 0 Å². The van der Waals surface area contributed by atoms with Gasteiger partial charge in [0, 0.05) is 11.3 Å². The van der Waals surface area contributed by atoms with Crippen LogP contribution in [0.3, 0.4) is 0 Å². The lowest BCUT2D eigenvalue weighted by molar-refractivity contribution is 0.108. The van der Waals surface area contributed by atoms with Gasteiger partial charge in [0.1, 0.15) is 18.5 Å². The van der Waals surface area contributed by atoms with Crippen LogP contribution in [-0.2, 0) is 5.41 Å². The van der Waals surface area contributed by atoms with Gasteiger partial charge in [-0.25, -0.2) is 0 Å². The Bertz CT molecular complexity index is 602. The molecule has 0 saturated heterocycles. The second-order valence-corrected chi connectivity index (χ2v) is 6.23. The molecule has 1 unspecified atom stereocenters. The minimum Gasteiger partial charge on any atom is -0.491 e. The molecule has 0 saturated carbocycles. The summed E-state index contributed by atoms with van der Waals surface area (Å²) in [5.74, 6) is 0.760. The van der Waals surface area contributed by atoms with E-state index in [1.807, 2.05) is 36.4 Å². The van der Waals surface area contributed by atoms with Crippen LogP contribution < -0.4 is 10.5 Å². The van der Waals surface area contributed by atoms with Crippen LogP contribution >= 0.6 is 0 Å². The number of ether oxygens (including phenoxy) is 1. The molecule has 2 aromatic carbocycles. The Hall–Kier alpha value is -2.00. The highest BCUT2D eigenvalue weighted by atomic mass is 16.5. The summed E-state index contributed by atoms with van der Waals surface area (Å²) in [6.07, 6.45) is -0.732. The topological polar surface area (TPSA) is 55.5 Å². The van der Waals surface area contributed by atoms with Crippen molar-refractivity contribution in [3.63, 3.8) is 0 Å². The number of rotatable bonds is 4. The molecule has 0 fully saturated rings. The van der Waals surface area contributed by atoms with Crippen LogP contribution in [-0.4, -0.2) is 11.7 Å². The fraction of sp³-hybridized carbons (Fsp3) is 0.333. The molecule has 2 rings (SSSR count). The van der Waals surface area contributed by atoms with E-state index in [9.17, 15) is 5.11 Å². The molecule has 0 radical (unpaired) electrons. The van der Waals surface area contributed by atoms with E-state index in [-0.39, 0.29) is 12.0 Å². The SMILES string of the molecule is CC(C)(C)c1cccc(OCC(O)c2ccccc2N)c1. The first kappa shape index (κ1) is 15.4. The molecule has 0 amide bonds. The quantitative estimate of drug-likeness (QED) is 0.843. The maximum atomic E-state index is 10.2. The van der Waals surface area contributed by atoms with E-state index in [2.05, 4.69) is 26.8 Å². The monoisotopic (exact) mass is 285 g/mol. The summed E-state index contributed by atoms with van der Waals surface area (Å²) in [6.45, 7) is 6.66. The first-order valence-corrected chi connectivity index (χ1v) is 7.14. The van der Waals surface area contributed by atoms with Gasteiger partial charge >= 0.3 is 0 Å². The maximum Gasteiger partial charge on any atom is 0.119 e. The number of nitrogen functional groups attached to an aromatic ring is 1. The fourth-order valence-corrected chi connectivity index (χ4v) is 2.13. The third kappa shape index (κ3) is 3.99. The minimum atomic E-state index is -0.732. The van der Waals surface area contributed by atoms with Crippen molar-refractivity contribution in [3.05, 3.63) is 59.7 Å². The lowest BCUT2D eigenvalue weighted by Gasteiger charge is -2.20. The van der Waals surface area contributed by atoms with Gasteiger partial charge in [-0.3, -0.25) is 0 Å². The van der Waals surface area contributed by atoms with Gasteiger partial charge in [0.15, 0.2) is 0 Å². The molecule has 21 heavy (non-hydrogen) atoms. The normalized spacial score (nSPS) is 13.0. The standard InChI is InChI=1S/C18H23NO2/c1-18(2,3)13-7-6-8-14(11-13)21-12-17(20)15-9-4-5-10-16(15)19/h4-11,17,20H,12,19H2,1-3H3. The van der Waals surface area contributed by atoms with E-state index in [1.165, 1.54) is 5.56 Å². The predicted molar refractivity (Wildman–Crippen MR) is 86.5 cm³/mol. The van der Waals surface area contributed by atoms with E-state index < -0.39 is 6.10 Å². The predicted octanol–water partition coefficient (Wildman–Crippen LogP) is 3.68. The average molecular weight is 285 g/mol. The zero-order chi connectivity index (χ0) is 15.5. The van der Waals surface area contributed by atoms with E-state index >= 15 is 0 Å². The molecular formula is C18H23NO2. The maximum absolute atomic E-state index is 10.2. The third-order valence-corrected chi connectivity index (χ3v) is 3.46. The van der Waals surface area contributed by atoms with Gasteiger partial charge < -0.3 is 15.6 Å². The Morgan fingerprint density at radius 2 is 1.81 bits per heavy atom. The number of hydrogen-bond acceptors (Lipinski definition) is 3. The van der Waals surface area contributed by atoms with Gasteiger partial charge in [-0.05, 0) is 29.2 Å². The van der Waals surface area contributed by atoms with Crippen LogP contribution in [0.25, 0.3) is 0 Å². The van der Waals surface area contributed by atoms with E-state index in [1.54, 1.807) is 6.07 Å². The number of aliphatic hydroxyl groups is 1. The molecule has 0 aliphatic carbocycles. The van der Waals surface area contributed by atoms with Crippen molar-refractivity contribution in [3.8, 4) is 5.75 Å². The minimum absolute atomic E-state index is 0.0713. The highest BCUT2D eigenvalue weighted by molar-refractivity contribution is 5.47. The van der Waals surface area contributed by atoms with Gasteiger partial charge in [-0.15, -0.1) is 0 Å². The van der Waals surface area contributed by atoms with Crippen LogP contribution in [0.4, 0.5) is 5.69 Å². The van der Waals surface area contributed by atoms with E-state index in [4.69, 9.17) is 10.5 Å². The van der Waals surface area contributed by atoms with Crippen molar-refractivity contribution in [2.45, 2.75) is 32.3 Å². The van der Waals surface area contributed by atoms with Crippen LogP contribution in [0.15, 0.2) is 48.5 Å². The number of hydrogen-bond donors (Lipinski definition) is 2. The first-order chi connectivity index (χ1) is 9.88. The number of para-hydroxylation sites is 1. The summed E-state index contributed by atoms with van der Waals surface area (Å²) in [6, 6.07) is 15.3. The first-order valence-electron chi connectivity index (χ1n) is 7.14. The van der Waals surface area contributed by atoms with E-state index in [0.717, 1.165) is 5.75 Å². The second kappa shape index (κ2) is 6.19. The molecule has 2 aromatic rings. The molecule has 1 atom stereocenters. The van der Waals surface area contributed by atoms with Crippen LogP contribution in [0.2, 0.25) is 0 Å². The molecule has 0 spiro atoms. The summed E-state index contributed by atoms with van der Waals surface area (Å²) in [5.41, 5.74) is 8.41. The molecule has 0 heterocycles. The van der Waals surface area contributed by atoms with Crippen molar-refractivity contribution >= 4 is 5.69 Å². The summed E-state index contributed by atoms with van der Waals surface area (Å²) in [5, 5.41) is 10.2. The molecule has 3 N–H and O–H groups in total. The number of benzene rings is 2. The van der Waals surface area contributed by atoms with Gasteiger partial charge in [-0.1, -0.05) is 51.1 Å².